The summed E-state index contributed by atoms with van der Waals surface area (Å²) < 4.78 is 2.29. The lowest BCUT2D eigenvalue weighted by Gasteiger charge is -2.26. The molecule has 126 valence electrons. The van der Waals surface area contributed by atoms with Crippen molar-refractivity contribution < 1.29 is 4.79 Å². The summed E-state index contributed by atoms with van der Waals surface area (Å²) in [5.74, 6) is -0.113. The van der Waals surface area contributed by atoms with Gasteiger partial charge >= 0.3 is 0 Å². The van der Waals surface area contributed by atoms with Crippen LogP contribution in [0, 0.1) is 4.77 Å². The Morgan fingerprint density at radius 3 is 2.72 bits per heavy atom. The molecule has 0 saturated heterocycles. The maximum atomic E-state index is 12.9. The molecule has 25 heavy (non-hydrogen) atoms. The van der Waals surface area contributed by atoms with E-state index in [4.69, 9.17) is 12.2 Å². The smallest absolute Gasteiger partial charge is 0.270 e. The number of carbonyl (C=O) groups excluding carboxylic acids is 1. The van der Waals surface area contributed by atoms with E-state index >= 15 is 0 Å². The minimum Gasteiger partial charge on any atom is -0.344 e. The molecule has 0 aliphatic heterocycles. The number of hydrogen-bond acceptors (Lipinski definition) is 2. The molecular weight excluding hydrogens is 330 g/mol. The van der Waals surface area contributed by atoms with Gasteiger partial charge in [-0.15, -0.1) is 0 Å². The number of aromatic amines is 1. The molecule has 1 heterocycles. The number of H-pyrrole nitrogens is 1. The maximum absolute atomic E-state index is 12.9. The molecule has 5 heteroatoms. The summed E-state index contributed by atoms with van der Waals surface area (Å²) in [7, 11) is 0. The fourth-order valence-corrected chi connectivity index (χ4v) is 3.77. The first-order chi connectivity index (χ1) is 12.2. The molecule has 1 aromatic heterocycles. The molecule has 1 aliphatic carbocycles. The van der Waals surface area contributed by atoms with Crippen molar-refractivity contribution in [2.75, 3.05) is 0 Å². The molecule has 0 bridgehead atoms. The quantitative estimate of drug-likeness (QED) is 0.691. The van der Waals surface area contributed by atoms with Crippen LogP contribution in [0.4, 0.5) is 0 Å². The predicted octanol–water partition coefficient (Wildman–Crippen LogP) is 4.34. The third kappa shape index (κ3) is 3.03. The molecular formula is C20H19N3OS. The van der Waals surface area contributed by atoms with Crippen molar-refractivity contribution in [1.29, 1.82) is 0 Å². The van der Waals surface area contributed by atoms with Crippen LogP contribution in [0.15, 0.2) is 60.8 Å². The summed E-state index contributed by atoms with van der Waals surface area (Å²) in [6.07, 6.45) is 4.80. The van der Waals surface area contributed by atoms with Crippen LogP contribution in [-0.4, -0.2) is 15.5 Å². The van der Waals surface area contributed by atoms with E-state index in [9.17, 15) is 4.79 Å². The minimum atomic E-state index is -0.113. The van der Waals surface area contributed by atoms with Gasteiger partial charge in [0.25, 0.3) is 5.91 Å². The molecule has 4 rings (SSSR count). The van der Waals surface area contributed by atoms with E-state index in [2.05, 4.69) is 28.5 Å². The Labute approximate surface area is 151 Å². The van der Waals surface area contributed by atoms with Gasteiger partial charge in [0.05, 0.1) is 6.04 Å². The van der Waals surface area contributed by atoms with Gasteiger partial charge in [0.2, 0.25) is 0 Å². The van der Waals surface area contributed by atoms with E-state index in [1.807, 2.05) is 36.4 Å². The summed E-state index contributed by atoms with van der Waals surface area (Å²) in [6.45, 7) is 0. The zero-order valence-corrected chi connectivity index (χ0v) is 14.6. The number of fused-ring (bicyclic) bond motifs is 1. The number of rotatable bonds is 3. The lowest BCUT2D eigenvalue weighted by Crippen LogP contribution is -2.32. The normalized spacial score (nSPS) is 16.2. The van der Waals surface area contributed by atoms with Crippen LogP contribution in [0.2, 0.25) is 0 Å². The monoisotopic (exact) mass is 349 g/mol. The highest BCUT2D eigenvalue weighted by atomic mass is 32.1. The van der Waals surface area contributed by atoms with E-state index in [-0.39, 0.29) is 11.9 Å². The van der Waals surface area contributed by atoms with Crippen molar-refractivity contribution in [3.8, 4) is 5.69 Å². The molecule has 1 atom stereocenters. The van der Waals surface area contributed by atoms with Crippen LogP contribution in [0.1, 0.15) is 40.5 Å². The highest BCUT2D eigenvalue weighted by Crippen LogP contribution is 2.29. The fourth-order valence-electron chi connectivity index (χ4n) is 3.51. The number of nitrogens with zero attached hydrogens (tertiary/aromatic N) is 1. The summed E-state index contributed by atoms with van der Waals surface area (Å²) in [6, 6.07) is 18.1. The first kappa shape index (κ1) is 15.8. The standard InChI is InChI=1S/C20H19N3OS/c24-19(22-17-12-6-8-14-7-4-5-11-16(14)17)18-13-21-20(25)23(18)15-9-2-1-3-10-15/h1-5,7,9-11,13,17H,6,8,12H2,(H,21,25)(H,22,24). The molecule has 0 radical (unpaired) electrons. The Hall–Kier alpha value is -2.66. The molecule has 1 aliphatic rings. The lowest BCUT2D eigenvalue weighted by atomic mass is 9.88. The van der Waals surface area contributed by atoms with Gasteiger partial charge in [-0.05, 0) is 54.7 Å². The van der Waals surface area contributed by atoms with Crippen molar-refractivity contribution in [3.05, 3.63) is 82.4 Å². The minimum absolute atomic E-state index is 0.0464. The summed E-state index contributed by atoms with van der Waals surface area (Å²) >= 11 is 5.37. The average Bonchev–Trinajstić information content (AvgIpc) is 3.04. The number of para-hydroxylation sites is 1. The van der Waals surface area contributed by atoms with Gasteiger partial charge in [-0.2, -0.15) is 0 Å². The number of imidazole rings is 1. The number of hydrogen-bond donors (Lipinski definition) is 2. The number of amides is 1. The SMILES string of the molecule is O=C(NC1CCCc2ccccc21)c1c[nH]c(=S)n1-c1ccccc1. The van der Waals surface area contributed by atoms with Gasteiger partial charge in [0.15, 0.2) is 4.77 Å². The second kappa shape index (κ2) is 6.69. The zero-order chi connectivity index (χ0) is 17.2. The lowest BCUT2D eigenvalue weighted by molar-refractivity contribution is 0.0925. The first-order valence-electron chi connectivity index (χ1n) is 8.48. The van der Waals surface area contributed by atoms with Crippen molar-refractivity contribution in [3.63, 3.8) is 0 Å². The van der Waals surface area contributed by atoms with Crippen LogP contribution >= 0.6 is 12.2 Å². The molecule has 0 saturated carbocycles. The van der Waals surface area contributed by atoms with Gasteiger partial charge in [-0.25, -0.2) is 0 Å². The van der Waals surface area contributed by atoms with E-state index in [1.165, 1.54) is 11.1 Å². The maximum Gasteiger partial charge on any atom is 0.270 e. The third-order valence-electron chi connectivity index (χ3n) is 4.70. The molecule has 4 nitrogen and oxygen atoms in total. The molecule has 2 N–H and O–H groups in total. The third-order valence-corrected chi connectivity index (χ3v) is 5.00. The zero-order valence-electron chi connectivity index (χ0n) is 13.7. The van der Waals surface area contributed by atoms with E-state index in [1.54, 1.807) is 10.8 Å². The van der Waals surface area contributed by atoms with Crippen LogP contribution < -0.4 is 5.32 Å². The molecule has 3 aromatic rings. The number of nitrogens with one attached hydrogen (secondary N) is 2. The van der Waals surface area contributed by atoms with Gasteiger partial charge in [-0.1, -0.05) is 42.5 Å². The van der Waals surface area contributed by atoms with Crippen LogP contribution in [-0.2, 0) is 6.42 Å². The van der Waals surface area contributed by atoms with E-state index in [0.29, 0.717) is 10.5 Å². The number of aryl methyl sites for hydroxylation is 1. The Kier molecular flexibility index (Phi) is 4.24. The van der Waals surface area contributed by atoms with Crippen LogP contribution in [0.5, 0.6) is 0 Å². The fraction of sp³-hybridized carbons (Fsp3) is 0.200. The van der Waals surface area contributed by atoms with Gasteiger partial charge in [0, 0.05) is 11.9 Å². The van der Waals surface area contributed by atoms with E-state index < -0.39 is 0 Å². The van der Waals surface area contributed by atoms with E-state index in [0.717, 1.165) is 24.9 Å². The second-order valence-electron chi connectivity index (χ2n) is 6.27. The highest BCUT2D eigenvalue weighted by molar-refractivity contribution is 7.71. The number of benzene rings is 2. The number of carbonyl (C=O) groups is 1. The Balaban J connectivity index is 1.65. The topological polar surface area (TPSA) is 49.8 Å². The van der Waals surface area contributed by atoms with Gasteiger partial charge < -0.3 is 10.3 Å². The first-order valence-corrected chi connectivity index (χ1v) is 8.89. The Morgan fingerprint density at radius 1 is 1.12 bits per heavy atom. The van der Waals surface area contributed by atoms with Crippen molar-refractivity contribution in [1.82, 2.24) is 14.9 Å². The van der Waals surface area contributed by atoms with Crippen LogP contribution in [0.3, 0.4) is 0 Å². The molecule has 0 fully saturated rings. The van der Waals surface area contributed by atoms with Crippen molar-refractivity contribution >= 4 is 18.1 Å². The predicted molar refractivity (Wildman–Crippen MR) is 101 cm³/mol. The molecule has 1 amide bonds. The summed E-state index contributed by atoms with van der Waals surface area (Å²) in [5, 5.41) is 3.19. The Morgan fingerprint density at radius 2 is 1.88 bits per heavy atom. The van der Waals surface area contributed by atoms with Gasteiger partial charge in [0.1, 0.15) is 5.69 Å². The molecule has 2 aromatic carbocycles. The average molecular weight is 349 g/mol. The molecule has 1 unspecified atom stereocenters. The second-order valence-corrected chi connectivity index (χ2v) is 6.65. The van der Waals surface area contributed by atoms with Crippen LogP contribution in [0.25, 0.3) is 5.69 Å². The Bertz CT molecular complexity index is 958. The summed E-state index contributed by atoms with van der Waals surface area (Å²) in [4.78, 5) is 15.9. The highest BCUT2D eigenvalue weighted by Gasteiger charge is 2.23. The molecule has 0 spiro atoms. The summed E-state index contributed by atoms with van der Waals surface area (Å²) in [5.41, 5.74) is 3.96. The largest absolute Gasteiger partial charge is 0.344 e. The number of aromatic nitrogens is 2. The van der Waals surface area contributed by atoms with Gasteiger partial charge in [-0.3, -0.25) is 9.36 Å². The van der Waals surface area contributed by atoms with Crippen molar-refractivity contribution in [2.45, 2.75) is 25.3 Å². The van der Waals surface area contributed by atoms with Crippen molar-refractivity contribution in [2.24, 2.45) is 0 Å².